The predicted molar refractivity (Wildman–Crippen MR) is 189 cm³/mol. The van der Waals surface area contributed by atoms with Crippen LogP contribution in [0, 0.1) is 51.2 Å². The van der Waals surface area contributed by atoms with Crippen LogP contribution in [0.2, 0.25) is 0 Å². The van der Waals surface area contributed by atoms with Gasteiger partial charge in [0.05, 0.1) is 0 Å². The van der Waals surface area contributed by atoms with Crippen molar-refractivity contribution in [2.45, 2.75) is 118 Å². The summed E-state index contributed by atoms with van der Waals surface area (Å²) in [7, 11) is 0. The predicted octanol–water partition coefficient (Wildman–Crippen LogP) is 8.61. The zero-order valence-electron chi connectivity index (χ0n) is 29.8. The van der Waals surface area contributed by atoms with E-state index in [0.29, 0.717) is 52.5 Å². The normalized spacial score (nSPS) is 40.8. The summed E-state index contributed by atoms with van der Waals surface area (Å²) in [6, 6.07) is 7.80. The molecule has 9 atom stereocenters. The topological polar surface area (TPSA) is 82.8 Å². The third-order valence-corrected chi connectivity index (χ3v) is 15.2. The Hall–Kier alpha value is -2.40. The lowest BCUT2D eigenvalue weighted by Gasteiger charge is -2.72. The molecule has 0 radical (unpaired) electrons. The molecule has 46 heavy (non-hydrogen) atoms. The molecule has 5 aliphatic carbocycles. The van der Waals surface area contributed by atoms with E-state index in [1.165, 1.54) is 68.1 Å². The van der Waals surface area contributed by atoms with Gasteiger partial charge in [-0.1, -0.05) is 58.4 Å². The van der Waals surface area contributed by atoms with Gasteiger partial charge in [0.2, 0.25) is 5.91 Å². The van der Waals surface area contributed by atoms with Crippen LogP contribution in [0.1, 0.15) is 124 Å². The van der Waals surface area contributed by atoms with Crippen molar-refractivity contribution in [2.75, 3.05) is 13.1 Å². The third kappa shape index (κ3) is 5.04. The van der Waals surface area contributed by atoms with Crippen molar-refractivity contribution >= 4 is 17.4 Å². The Bertz CT molecular complexity index is 1410. The van der Waals surface area contributed by atoms with Gasteiger partial charge < -0.3 is 20.5 Å². The van der Waals surface area contributed by atoms with Crippen LogP contribution in [0.4, 0.5) is 0 Å². The Labute approximate surface area is 278 Å². The SMILES string of the molecule is C=C(C)C[C@@H]1CCC2(NCCNC(C)=O)CC[C@]3(C)[C@H](CC[C@@H]4[C@@]5(C)CC=C(c6ccc(C(O)=[OH+])cc6)C(C)(C)C5CC[C@]43C)C12. The van der Waals surface area contributed by atoms with Crippen LogP contribution in [-0.4, -0.2) is 40.4 Å². The van der Waals surface area contributed by atoms with E-state index < -0.39 is 5.97 Å². The lowest BCUT2D eigenvalue weighted by molar-refractivity contribution is -0.220. The fourth-order valence-electron chi connectivity index (χ4n) is 13.2. The van der Waals surface area contributed by atoms with Crippen LogP contribution in [-0.2, 0) is 4.79 Å². The number of fused-ring (bicyclic) bond motifs is 7. The number of aliphatic hydroxyl groups excluding tert-OH is 1. The molecule has 252 valence electrons. The number of carboxylic acids is 1. The summed E-state index contributed by atoms with van der Waals surface area (Å²) in [6.07, 6.45) is 15.1. The number of carbonyl (C=O) groups is 1. The van der Waals surface area contributed by atoms with Gasteiger partial charge in [0.15, 0.2) is 0 Å². The summed E-state index contributed by atoms with van der Waals surface area (Å²) >= 11 is 0. The molecule has 4 N–H and O–H groups in total. The van der Waals surface area contributed by atoms with Gasteiger partial charge in [-0.15, -0.1) is 6.58 Å². The van der Waals surface area contributed by atoms with Gasteiger partial charge in [0, 0.05) is 25.6 Å². The Balaban J connectivity index is 1.31. The minimum absolute atomic E-state index is 0.0379. The van der Waals surface area contributed by atoms with Crippen LogP contribution in [0.25, 0.3) is 5.57 Å². The molecule has 0 aromatic heterocycles. The highest BCUT2D eigenvalue weighted by atomic mass is 16.4. The molecule has 1 amide bonds. The van der Waals surface area contributed by atoms with Crippen molar-refractivity contribution in [2.24, 2.45) is 51.2 Å². The van der Waals surface area contributed by atoms with E-state index in [4.69, 9.17) is 0 Å². The maximum Gasteiger partial charge on any atom is 0.515 e. The van der Waals surface area contributed by atoms with Crippen molar-refractivity contribution in [1.29, 1.82) is 0 Å². The molecule has 5 nitrogen and oxygen atoms in total. The molecule has 3 unspecified atom stereocenters. The number of allylic oxidation sites excluding steroid dienone is 3. The molecule has 6 rings (SSSR count). The quantitative estimate of drug-likeness (QED) is 0.153. The first-order valence-corrected chi connectivity index (χ1v) is 18.3. The van der Waals surface area contributed by atoms with Crippen molar-refractivity contribution < 1.29 is 14.7 Å². The number of nitrogens with one attached hydrogen (secondary N) is 2. The summed E-state index contributed by atoms with van der Waals surface area (Å²) in [4.78, 5) is 21.2. The average Bonchev–Trinajstić information content (AvgIpc) is 3.33. The highest BCUT2D eigenvalue weighted by Gasteiger charge is 2.70. The molecule has 4 fully saturated rings. The fourth-order valence-corrected chi connectivity index (χ4v) is 13.2. The summed E-state index contributed by atoms with van der Waals surface area (Å²) < 4.78 is 0. The van der Waals surface area contributed by atoms with E-state index in [-0.39, 0.29) is 22.3 Å². The Morgan fingerprint density at radius 3 is 2.28 bits per heavy atom. The number of rotatable bonds is 8. The standard InChI is InChI=1S/C41H60N2O3/c1-26(2)25-30-15-20-41(43-24-23-42-27(3)44)22-21-39(7)32(35(30)41)13-14-34-38(6)18-16-31(28-9-11-29(12-10-28)36(45)46)37(4,5)33(38)17-19-40(34,39)8/h9-12,16,30,32-35,43H,1,13-15,17-25H2,2-8H3,(H,42,44)(H,45,46)/p+1/t30-,32+,33?,34+,35?,38-,39+,40+,41?/m0/s1. The number of benzene rings is 1. The van der Waals surface area contributed by atoms with Crippen LogP contribution >= 0.6 is 0 Å². The molecular weight excluding hydrogens is 568 g/mol. The van der Waals surface area contributed by atoms with E-state index in [2.05, 4.69) is 77.0 Å². The maximum absolute atomic E-state index is 11.6. The zero-order valence-corrected chi connectivity index (χ0v) is 29.8. The Kier molecular flexibility index (Phi) is 8.47. The third-order valence-electron chi connectivity index (χ3n) is 15.2. The molecule has 5 heteroatoms. The van der Waals surface area contributed by atoms with E-state index >= 15 is 0 Å². The molecule has 0 spiro atoms. The van der Waals surface area contributed by atoms with Crippen molar-refractivity contribution in [3.8, 4) is 0 Å². The molecule has 1 aromatic carbocycles. The van der Waals surface area contributed by atoms with Gasteiger partial charge in [0.1, 0.15) is 5.56 Å². The van der Waals surface area contributed by atoms with Crippen LogP contribution in [0.5, 0.6) is 0 Å². The van der Waals surface area contributed by atoms with Crippen LogP contribution in [0.15, 0.2) is 42.5 Å². The van der Waals surface area contributed by atoms with Gasteiger partial charge in [0.25, 0.3) is 0 Å². The zero-order chi connectivity index (χ0) is 33.3. The first-order valence-electron chi connectivity index (χ1n) is 18.3. The molecule has 0 saturated heterocycles. The van der Waals surface area contributed by atoms with Gasteiger partial charge >= 0.3 is 5.97 Å². The van der Waals surface area contributed by atoms with Crippen LogP contribution in [0.3, 0.4) is 0 Å². The minimum atomic E-state index is -0.615. The second-order valence-electron chi connectivity index (χ2n) is 17.7. The molecule has 1 aromatic rings. The summed E-state index contributed by atoms with van der Waals surface area (Å²) in [6.45, 7) is 22.8. The monoisotopic (exact) mass is 629 g/mol. The van der Waals surface area contributed by atoms with Crippen molar-refractivity contribution in [3.63, 3.8) is 0 Å². The molecule has 0 aliphatic heterocycles. The average molecular weight is 630 g/mol. The smallest absolute Gasteiger partial charge is 0.355 e. The molecule has 4 saturated carbocycles. The Morgan fingerprint density at radius 1 is 0.913 bits per heavy atom. The fraction of sp³-hybridized carbons (Fsp3) is 0.707. The van der Waals surface area contributed by atoms with E-state index in [9.17, 15) is 14.7 Å². The van der Waals surface area contributed by atoms with Crippen molar-refractivity contribution in [3.05, 3.63) is 53.6 Å². The first-order chi connectivity index (χ1) is 21.6. The minimum Gasteiger partial charge on any atom is -0.355 e. The summed E-state index contributed by atoms with van der Waals surface area (Å²) in [5, 5.41) is 16.7. The second-order valence-corrected chi connectivity index (χ2v) is 17.7. The van der Waals surface area contributed by atoms with Gasteiger partial charge in [-0.05, 0) is 146 Å². The highest BCUT2D eigenvalue weighted by molar-refractivity contribution is 5.89. The van der Waals surface area contributed by atoms with Crippen molar-refractivity contribution in [1.82, 2.24) is 10.6 Å². The number of carbonyl (C=O) groups excluding carboxylic acids is 1. The number of carboxylic acid groups (broad SMARTS) is 1. The number of amides is 1. The number of aromatic carboxylic acids is 1. The number of hydrogen-bond donors (Lipinski definition) is 3. The van der Waals surface area contributed by atoms with Gasteiger partial charge in [-0.3, -0.25) is 4.79 Å². The van der Waals surface area contributed by atoms with E-state index in [0.717, 1.165) is 19.4 Å². The largest absolute Gasteiger partial charge is 0.515 e. The summed E-state index contributed by atoms with van der Waals surface area (Å²) in [5.41, 5.74) is 5.50. The van der Waals surface area contributed by atoms with E-state index in [1.807, 2.05) is 12.1 Å². The molecule has 0 bridgehead atoms. The van der Waals surface area contributed by atoms with Crippen LogP contribution < -0.4 is 10.6 Å². The lowest BCUT2D eigenvalue weighted by Crippen LogP contribution is -2.68. The van der Waals surface area contributed by atoms with Gasteiger partial charge in [-0.2, -0.15) is 0 Å². The molecule has 0 heterocycles. The number of hydrogen-bond acceptors (Lipinski definition) is 2. The first kappa shape index (κ1) is 33.5. The van der Waals surface area contributed by atoms with E-state index in [1.54, 1.807) is 6.92 Å². The Morgan fingerprint density at radius 2 is 1.63 bits per heavy atom. The highest BCUT2D eigenvalue weighted by Crippen LogP contribution is 2.76. The molecular formula is C41H61N2O3+. The second kappa shape index (κ2) is 11.6. The lowest BCUT2D eigenvalue weighted by atomic mass is 9.33. The van der Waals surface area contributed by atoms with Gasteiger partial charge in [-0.25, -0.2) is 0 Å². The molecule has 5 aliphatic rings. The summed E-state index contributed by atoms with van der Waals surface area (Å²) in [5.74, 6) is 2.81. The maximum atomic E-state index is 11.6.